The van der Waals surface area contributed by atoms with E-state index in [1.165, 1.54) is 0 Å². The molecule has 1 aromatic carbocycles. The van der Waals surface area contributed by atoms with Gasteiger partial charge >= 0.3 is 5.00 Å². The Morgan fingerprint density at radius 2 is 2.10 bits per heavy atom. The second-order valence-electron chi connectivity index (χ2n) is 3.71. The highest BCUT2D eigenvalue weighted by Gasteiger charge is 2.18. The predicted molar refractivity (Wildman–Crippen MR) is 76.5 cm³/mol. The van der Waals surface area contributed by atoms with Gasteiger partial charge in [0.05, 0.1) is 10.7 Å². The summed E-state index contributed by atoms with van der Waals surface area (Å²) in [5, 5.41) is 10.5. The number of rotatable bonds is 5. The summed E-state index contributed by atoms with van der Waals surface area (Å²) in [7, 11) is -3.73. The lowest BCUT2D eigenvalue weighted by molar-refractivity contribution is -0.380. The van der Waals surface area contributed by atoms with E-state index in [0.29, 0.717) is 21.9 Å². The summed E-state index contributed by atoms with van der Waals surface area (Å²) in [4.78, 5) is 13.5. The number of hydrogen-bond donors (Lipinski definition) is 1. The fourth-order valence-electron chi connectivity index (χ4n) is 1.39. The summed E-state index contributed by atoms with van der Waals surface area (Å²) >= 11 is 6.53. The molecule has 106 valence electrons. The first kappa shape index (κ1) is 14.7. The van der Waals surface area contributed by atoms with Gasteiger partial charge in [-0.2, -0.15) is 0 Å². The van der Waals surface area contributed by atoms with Crippen LogP contribution in [0, 0.1) is 10.1 Å². The molecule has 1 N–H and O–H groups in total. The maximum Gasteiger partial charge on any atom is 0.345 e. The predicted octanol–water partition coefficient (Wildman–Crippen LogP) is 2.65. The van der Waals surface area contributed by atoms with Crippen molar-refractivity contribution < 1.29 is 13.3 Å². The smallest absolute Gasteiger partial charge is 0.258 e. The van der Waals surface area contributed by atoms with Crippen LogP contribution < -0.4 is 4.72 Å². The summed E-state index contributed by atoms with van der Waals surface area (Å²) in [6, 6.07) is 6.54. The lowest BCUT2D eigenvalue weighted by Gasteiger charge is -2.06. The first-order valence-corrected chi connectivity index (χ1v) is 8.06. The van der Waals surface area contributed by atoms with E-state index in [4.69, 9.17) is 11.6 Å². The van der Waals surface area contributed by atoms with Crippen molar-refractivity contribution in [2.75, 3.05) is 4.72 Å². The van der Waals surface area contributed by atoms with E-state index in [0.717, 1.165) is 6.20 Å². The van der Waals surface area contributed by atoms with Crippen molar-refractivity contribution in [3.05, 3.63) is 51.2 Å². The SMILES string of the molecule is O=[N+]([O-])c1cnc(NS(=O)(=O)Cc2ccccc2Cl)s1. The lowest BCUT2D eigenvalue weighted by atomic mass is 10.2. The number of nitro groups is 1. The normalized spacial score (nSPS) is 11.2. The number of benzene rings is 1. The van der Waals surface area contributed by atoms with Crippen molar-refractivity contribution in [1.29, 1.82) is 0 Å². The number of nitrogens with one attached hydrogen (secondary N) is 1. The molecule has 1 aromatic heterocycles. The van der Waals surface area contributed by atoms with Gasteiger partial charge in [-0.3, -0.25) is 14.8 Å². The number of thiazole rings is 1. The van der Waals surface area contributed by atoms with Gasteiger partial charge in [-0.25, -0.2) is 13.4 Å². The summed E-state index contributed by atoms with van der Waals surface area (Å²) in [6.07, 6.45) is 0.998. The zero-order chi connectivity index (χ0) is 14.8. The first-order valence-electron chi connectivity index (χ1n) is 5.21. The maximum absolute atomic E-state index is 11.9. The quantitative estimate of drug-likeness (QED) is 0.669. The Hall–Kier alpha value is -1.71. The third kappa shape index (κ3) is 3.65. The van der Waals surface area contributed by atoms with Crippen LogP contribution in [-0.2, 0) is 15.8 Å². The lowest BCUT2D eigenvalue weighted by Crippen LogP contribution is -2.15. The Bertz CT molecular complexity index is 744. The Labute approximate surface area is 123 Å². The number of nitrogens with zero attached hydrogens (tertiary/aromatic N) is 2. The zero-order valence-corrected chi connectivity index (χ0v) is 12.2. The largest absolute Gasteiger partial charge is 0.345 e. The van der Waals surface area contributed by atoms with Crippen LogP contribution in [0.4, 0.5) is 10.1 Å². The van der Waals surface area contributed by atoms with Crippen molar-refractivity contribution in [1.82, 2.24) is 4.98 Å². The number of sulfonamides is 1. The van der Waals surface area contributed by atoms with Crippen molar-refractivity contribution in [2.24, 2.45) is 0 Å². The van der Waals surface area contributed by atoms with Gasteiger partial charge in [0.1, 0.15) is 6.20 Å². The van der Waals surface area contributed by atoms with Crippen molar-refractivity contribution in [2.45, 2.75) is 5.75 Å². The molecule has 1 heterocycles. The first-order chi connectivity index (χ1) is 9.37. The van der Waals surface area contributed by atoms with E-state index >= 15 is 0 Å². The van der Waals surface area contributed by atoms with Gasteiger partial charge in [0, 0.05) is 5.02 Å². The number of hydrogen-bond acceptors (Lipinski definition) is 6. The number of anilines is 1. The second-order valence-corrected chi connectivity index (χ2v) is 6.85. The maximum atomic E-state index is 11.9. The second kappa shape index (κ2) is 5.73. The Kier molecular flexibility index (Phi) is 4.21. The molecule has 20 heavy (non-hydrogen) atoms. The zero-order valence-electron chi connectivity index (χ0n) is 9.82. The van der Waals surface area contributed by atoms with Gasteiger partial charge < -0.3 is 0 Å². The molecule has 2 aromatic rings. The monoisotopic (exact) mass is 333 g/mol. The minimum Gasteiger partial charge on any atom is -0.258 e. The van der Waals surface area contributed by atoms with Crippen molar-refractivity contribution in [3.63, 3.8) is 0 Å². The Balaban J connectivity index is 2.15. The molecule has 0 fully saturated rings. The van der Waals surface area contributed by atoms with E-state index in [2.05, 4.69) is 9.71 Å². The molecule has 0 aliphatic carbocycles. The molecule has 0 amide bonds. The van der Waals surface area contributed by atoms with Gasteiger partial charge in [0.2, 0.25) is 15.2 Å². The van der Waals surface area contributed by atoms with Crippen LogP contribution in [0.25, 0.3) is 0 Å². The molecule has 0 bridgehead atoms. The minimum atomic E-state index is -3.73. The van der Waals surface area contributed by atoms with Gasteiger partial charge in [-0.1, -0.05) is 29.8 Å². The van der Waals surface area contributed by atoms with Crippen LogP contribution in [0.1, 0.15) is 5.56 Å². The molecule has 0 aliphatic heterocycles. The molecule has 0 saturated carbocycles. The van der Waals surface area contributed by atoms with E-state index in [9.17, 15) is 18.5 Å². The molecule has 10 heteroatoms. The van der Waals surface area contributed by atoms with Gasteiger partial charge in [-0.15, -0.1) is 0 Å². The molecule has 0 unspecified atom stereocenters. The van der Waals surface area contributed by atoms with E-state index in [-0.39, 0.29) is 15.9 Å². The fourth-order valence-corrected chi connectivity index (χ4v) is 3.75. The average Bonchev–Trinajstić information content (AvgIpc) is 2.79. The van der Waals surface area contributed by atoms with E-state index in [1.807, 2.05) is 0 Å². The standard InChI is InChI=1S/C10H8ClN3O4S2/c11-8-4-2-1-3-7(8)6-20(17,18)13-10-12-5-9(19-10)14(15)16/h1-5H,6H2,(H,12,13). The summed E-state index contributed by atoms with van der Waals surface area (Å²) in [5.41, 5.74) is 0.438. The highest BCUT2D eigenvalue weighted by atomic mass is 35.5. The molecule has 2 rings (SSSR count). The fraction of sp³-hybridized carbons (Fsp3) is 0.100. The van der Waals surface area contributed by atoms with E-state index < -0.39 is 14.9 Å². The van der Waals surface area contributed by atoms with Crippen LogP contribution in [0.2, 0.25) is 5.02 Å². The minimum absolute atomic E-state index is 0.0521. The highest BCUT2D eigenvalue weighted by molar-refractivity contribution is 7.92. The molecule has 0 radical (unpaired) electrons. The molecular weight excluding hydrogens is 326 g/mol. The van der Waals surface area contributed by atoms with Crippen molar-refractivity contribution >= 4 is 43.1 Å². The van der Waals surface area contributed by atoms with Crippen LogP contribution in [0.15, 0.2) is 30.5 Å². The van der Waals surface area contributed by atoms with Gasteiger partial charge in [0.25, 0.3) is 0 Å². The molecule has 0 aliphatic rings. The number of halogens is 1. The third-order valence-electron chi connectivity index (χ3n) is 2.22. The summed E-state index contributed by atoms with van der Waals surface area (Å²) in [6.45, 7) is 0. The Morgan fingerprint density at radius 1 is 1.40 bits per heavy atom. The summed E-state index contributed by atoms with van der Waals surface area (Å²) < 4.78 is 26.0. The van der Waals surface area contributed by atoms with Crippen LogP contribution in [0.3, 0.4) is 0 Å². The molecule has 7 nitrogen and oxygen atoms in total. The van der Waals surface area contributed by atoms with Crippen molar-refractivity contribution in [3.8, 4) is 0 Å². The topological polar surface area (TPSA) is 102 Å². The van der Waals surface area contributed by atoms with Crippen LogP contribution in [-0.4, -0.2) is 18.3 Å². The van der Waals surface area contributed by atoms with Crippen LogP contribution in [0.5, 0.6) is 0 Å². The summed E-state index contributed by atoms with van der Waals surface area (Å²) in [5.74, 6) is -0.333. The van der Waals surface area contributed by atoms with Gasteiger partial charge in [0.15, 0.2) is 0 Å². The number of aromatic nitrogens is 1. The molecule has 0 atom stereocenters. The van der Waals surface area contributed by atoms with Crippen LogP contribution >= 0.6 is 22.9 Å². The molecule has 0 spiro atoms. The average molecular weight is 334 g/mol. The van der Waals surface area contributed by atoms with E-state index in [1.54, 1.807) is 24.3 Å². The molecular formula is C10H8ClN3O4S2. The highest BCUT2D eigenvalue weighted by Crippen LogP contribution is 2.26. The Morgan fingerprint density at radius 3 is 2.70 bits per heavy atom. The molecule has 0 saturated heterocycles. The van der Waals surface area contributed by atoms with Gasteiger partial charge in [-0.05, 0) is 23.0 Å². The third-order valence-corrected chi connectivity index (χ3v) is 4.78.